The van der Waals surface area contributed by atoms with Crippen LogP contribution in [0.5, 0.6) is 0 Å². The number of carbonyl (C=O) groups excluding carboxylic acids is 1. The Morgan fingerprint density at radius 2 is 2.10 bits per heavy atom. The van der Waals surface area contributed by atoms with Crippen molar-refractivity contribution < 1.29 is 13.9 Å². The number of tetrazole rings is 1. The number of cyclic esters (lactones) is 1. The summed E-state index contributed by atoms with van der Waals surface area (Å²) in [6, 6.07) is 5.03. The molecule has 156 valence electrons. The number of halogens is 1. The predicted molar refractivity (Wildman–Crippen MR) is 101 cm³/mol. The quantitative estimate of drug-likeness (QED) is 0.665. The highest BCUT2D eigenvalue weighted by Crippen LogP contribution is 2.32. The number of aromatic nitrogens is 7. The fourth-order valence-corrected chi connectivity index (χ4v) is 4.11. The maximum Gasteiger partial charge on any atom is 0.411 e. The smallest absolute Gasteiger partial charge is 0.411 e. The minimum Gasteiger partial charge on any atom is -0.447 e. The average Bonchev–Trinajstić information content (AvgIpc) is 3.53. The number of piperidine rings is 1. The molecule has 1 atom stereocenters. The molecule has 0 spiro atoms. The lowest BCUT2D eigenvalue weighted by atomic mass is 9.95. The van der Waals surface area contributed by atoms with Crippen molar-refractivity contribution in [1.29, 1.82) is 0 Å². The number of rotatable bonds is 5. The van der Waals surface area contributed by atoms with Gasteiger partial charge in [0.15, 0.2) is 12.0 Å². The van der Waals surface area contributed by atoms with Gasteiger partial charge >= 0.3 is 6.09 Å². The Labute approximate surface area is 170 Å². The van der Waals surface area contributed by atoms with Gasteiger partial charge in [-0.2, -0.15) is 5.21 Å². The van der Waals surface area contributed by atoms with Crippen molar-refractivity contribution in [1.82, 2.24) is 40.5 Å². The van der Waals surface area contributed by atoms with Gasteiger partial charge in [-0.05, 0) is 30.5 Å². The van der Waals surface area contributed by atoms with E-state index in [0.717, 1.165) is 12.8 Å². The summed E-state index contributed by atoms with van der Waals surface area (Å²) < 4.78 is 21.7. The lowest BCUT2D eigenvalue weighted by molar-refractivity contribution is 0.139. The molecule has 11 nitrogen and oxygen atoms in total. The lowest BCUT2D eigenvalue weighted by Crippen LogP contribution is -2.35. The fraction of sp³-hybridized carbons (Fsp3) is 0.444. The van der Waals surface area contributed by atoms with Crippen LogP contribution in [0.4, 0.5) is 14.9 Å². The zero-order chi connectivity index (χ0) is 20.5. The maximum atomic E-state index is 15.1. The summed E-state index contributed by atoms with van der Waals surface area (Å²) in [6.45, 7) is 2.08. The molecule has 2 aromatic heterocycles. The van der Waals surface area contributed by atoms with Gasteiger partial charge in [0.1, 0.15) is 12.4 Å². The van der Waals surface area contributed by atoms with E-state index in [2.05, 4.69) is 30.9 Å². The molecule has 0 aliphatic carbocycles. The molecule has 2 aliphatic heterocycles. The van der Waals surface area contributed by atoms with E-state index < -0.39 is 12.3 Å². The third-order valence-electron chi connectivity index (χ3n) is 5.61. The SMILES string of the molecule is O=C1OCCN1[C@H](c1ccc(N2CCC(c3nn[nH]n3)CC2)c(F)c1)n1ccnn1. The Balaban J connectivity index is 1.37. The molecular weight excluding hydrogens is 393 g/mol. The highest BCUT2D eigenvalue weighted by atomic mass is 19.1. The third kappa shape index (κ3) is 3.33. The first-order valence-corrected chi connectivity index (χ1v) is 9.77. The molecule has 30 heavy (non-hydrogen) atoms. The second kappa shape index (κ2) is 7.69. The van der Waals surface area contributed by atoms with E-state index in [9.17, 15) is 4.79 Å². The van der Waals surface area contributed by atoms with E-state index >= 15 is 4.39 Å². The predicted octanol–water partition coefficient (Wildman–Crippen LogP) is 1.31. The van der Waals surface area contributed by atoms with Crippen LogP contribution >= 0.6 is 0 Å². The van der Waals surface area contributed by atoms with Gasteiger partial charge in [0, 0.05) is 25.2 Å². The van der Waals surface area contributed by atoms with Crippen LogP contribution in [0.25, 0.3) is 0 Å². The molecule has 4 heterocycles. The van der Waals surface area contributed by atoms with Crippen molar-refractivity contribution in [3.05, 3.63) is 47.8 Å². The van der Waals surface area contributed by atoms with Crippen molar-refractivity contribution in [2.45, 2.75) is 24.9 Å². The molecule has 12 heteroatoms. The Bertz CT molecular complexity index is 1000. The highest BCUT2D eigenvalue weighted by molar-refractivity contribution is 5.70. The van der Waals surface area contributed by atoms with Crippen LogP contribution in [-0.2, 0) is 4.74 Å². The highest BCUT2D eigenvalue weighted by Gasteiger charge is 2.33. The number of anilines is 1. The second-order valence-corrected chi connectivity index (χ2v) is 7.31. The number of ether oxygens (including phenoxy) is 1. The van der Waals surface area contributed by atoms with Crippen molar-refractivity contribution in [2.24, 2.45) is 0 Å². The molecular formula is C18H20FN9O2. The van der Waals surface area contributed by atoms with Crippen LogP contribution in [0.2, 0.25) is 0 Å². The number of hydrogen-bond donors (Lipinski definition) is 1. The molecule has 1 N–H and O–H groups in total. The van der Waals surface area contributed by atoms with E-state index in [-0.39, 0.29) is 11.7 Å². The van der Waals surface area contributed by atoms with Crippen LogP contribution in [0.3, 0.4) is 0 Å². The van der Waals surface area contributed by atoms with Crippen LogP contribution < -0.4 is 4.90 Å². The van der Waals surface area contributed by atoms with Gasteiger partial charge in [-0.3, -0.25) is 4.90 Å². The number of H-pyrrole nitrogens is 1. The second-order valence-electron chi connectivity index (χ2n) is 7.31. The van der Waals surface area contributed by atoms with Crippen LogP contribution in [-0.4, -0.2) is 72.9 Å². The van der Waals surface area contributed by atoms with Crippen molar-refractivity contribution >= 4 is 11.8 Å². The minimum atomic E-state index is -0.616. The molecule has 2 fully saturated rings. The number of nitrogens with one attached hydrogen (secondary N) is 1. The first kappa shape index (κ1) is 18.5. The van der Waals surface area contributed by atoms with Crippen LogP contribution in [0.15, 0.2) is 30.6 Å². The van der Waals surface area contributed by atoms with Gasteiger partial charge in [0.2, 0.25) is 0 Å². The summed E-state index contributed by atoms with van der Waals surface area (Å²) >= 11 is 0. The zero-order valence-electron chi connectivity index (χ0n) is 16.1. The monoisotopic (exact) mass is 413 g/mol. The Morgan fingerprint density at radius 3 is 2.73 bits per heavy atom. The van der Waals surface area contributed by atoms with Gasteiger partial charge in [-0.1, -0.05) is 16.5 Å². The van der Waals surface area contributed by atoms with Crippen molar-refractivity contribution in [3.8, 4) is 0 Å². The van der Waals surface area contributed by atoms with Gasteiger partial charge < -0.3 is 9.64 Å². The standard InChI is InChI=1S/C18H20FN9O2/c19-14-11-13(17(28-8-5-20-25-28)27-9-10-30-18(27)29)1-2-15(14)26-6-3-12(4-7-26)16-21-23-24-22-16/h1-2,5,8,11-12,17H,3-4,6-7,9-10H2,(H,21,22,23,24)/t17-/m0/s1. The summed E-state index contributed by atoms with van der Waals surface area (Å²) in [4.78, 5) is 15.7. The molecule has 0 saturated carbocycles. The summed E-state index contributed by atoms with van der Waals surface area (Å²) in [6.07, 6.45) is 3.74. The van der Waals surface area contributed by atoms with E-state index in [1.54, 1.807) is 12.3 Å². The Kier molecular flexibility index (Phi) is 4.73. The zero-order valence-corrected chi connectivity index (χ0v) is 16.1. The number of carbonyl (C=O) groups is 1. The molecule has 1 aromatic carbocycles. The number of hydrogen-bond acceptors (Lipinski definition) is 8. The van der Waals surface area contributed by atoms with E-state index in [1.807, 2.05) is 11.0 Å². The van der Waals surface area contributed by atoms with E-state index in [0.29, 0.717) is 43.3 Å². The van der Waals surface area contributed by atoms with E-state index in [1.165, 1.54) is 21.8 Å². The lowest BCUT2D eigenvalue weighted by Gasteiger charge is -2.33. The molecule has 0 radical (unpaired) electrons. The summed E-state index contributed by atoms with van der Waals surface area (Å²) in [5.74, 6) is 0.585. The molecule has 0 unspecified atom stereocenters. The van der Waals surface area contributed by atoms with Gasteiger partial charge in [-0.25, -0.2) is 13.9 Å². The first-order chi connectivity index (χ1) is 14.7. The van der Waals surface area contributed by atoms with Crippen molar-refractivity contribution in [2.75, 3.05) is 31.1 Å². The number of amides is 1. The molecule has 2 aliphatic rings. The molecule has 1 amide bonds. The Morgan fingerprint density at radius 1 is 1.23 bits per heavy atom. The molecule has 0 bridgehead atoms. The summed E-state index contributed by atoms with van der Waals surface area (Å²) in [7, 11) is 0. The van der Waals surface area contributed by atoms with E-state index in [4.69, 9.17) is 4.74 Å². The minimum absolute atomic E-state index is 0.222. The summed E-state index contributed by atoms with van der Waals surface area (Å²) in [5, 5.41) is 22.0. The van der Waals surface area contributed by atoms with Gasteiger partial charge in [-0.15, -0.1) is 15.3 Å². The molecule has 3 aromatic rings. The Hall–Kier alpha value is -3.57. The van der Waals surface area contributed by atoms with Gasteiger partial charge in [0.25, 0.3) is 0 Å². The number of benzene rings is 1. The normalized spacial score (nSPS) is 18.6. The number of nitrogens with zero attached hydrogens (tertiary/aromatic N) is 8. The topological polar surface area (TPSA) is 118 Å². The fourth-order valence-electron chi connectivity index (χ4n) is 4.11. The van der Waals surface area contributed by atoms with Crippen molar-refractivity contribution in [3.63, 3.8) is 0 Å². The van der Waals surface area contributed by atoms with Gasteiger partial charge in [0.05, 0.1) is 18.4 Å². The molecule has 2 saturated heterocycles. The van der Waals surface area contributed by atoms with Crippen LogP contribution in [0.1, 0.15) is 36.3 Å². The summed E-state index contributed by atoms with van der Waals surface area (Å²) in [5.41, 5.74) is 1.13. The largest absolute Gasteiger partial charge is 0.447 e. The number of aromatic amines is 1. The third-order valence-corrected chi connectivity index (χ3v) is 5.61. The molecule has 5 rings (SSSR count). The maximum absolute atomic E-state index is 15.1. The average molecular weight is 413 g/mol. The first-order valence-electron chi connectivity index (χ1n) is 9.77. The van der Waals surface area contributed by atoms with Crippen LogP contribution in [0, 0.1) is 5.82 Å².